The Hall–Kier alpha value is -1.04. The number of carbonyl (C=O) groups excluding carboxylic acids is 1. The maximum absolute atomic E-state index is 12.6. The number of aromatic nitrogens is 1. The molecule has 1 aliphatic carbocycles. The van der Waals surface area contributed by atoms with E-state index in [2.05, 4.69) is 26.2 Å². The van der Waals surface area contributed by atoms with Gasteiger partial charge in [-0.3, -0.25) is 4.79 Å². The zero-order chi connectivity index (χ0) is 14.5. The highest BCUT2D eigenvalue weighted by Crippen LogP contribution is 2.38. The summed E-state index contributed by atoms with van der Waals surface area (Å²) in [5.74, 6) is -2.22. The Morgan fingerprint density at radius 3 is 2.63 bits per heavy atom. The van der Waals surface area contributed by atoms with Crippen molar-refractivity contribution in [1.82, 2.24) is 4.98 Å². The number of nitrogens with zero attached hydrogens (tertiary/aromatic N) is 1. The lowest BCUT2D eigenvalue weighted by Crippen LogP contribution is -2.44. The Labute approximate surface area is 119 Å². The van der Waals surface area contributed by atoms with Crippen molar-refractivity contribution in [3.05, 3.63) is 23.9 Å². The predicted octanol–water partition coefficient (Wildman–Crippen LogP) is 3.90. The zero-order valence-corrected chi connectivity index (χ0v) is 12.5. The summed E-state index contributed by atoms with van der Waals surface area (Å²) in [7, 11) is 0. The molecular weight excluding hydrogens is 318 g/mol. The van der Waals surface area contributed by atoms with Gasteiger partial charge in [0.1, 0.15) is 11.5 Å². The Kier molecular flexibility index (Phi) is 5.85. The lowest BCUT2D eigenvalue weighted by molar-refractivity contribution is -0.0794. The van der Waals surface area contributed by atoms with E-state index in [4.69, 9.17) is 0 Å². The van der Waals surface area contributed by atoms with Crippen LogP contribution in [0.1, 0.15) is 37.2 Å². The summed E-state index contributed by atoms with van der Waals surface area (Å²) in [6.45, 7) is 4.00. The molecular formula is C13H17BrF2N2O. The summed E-state index contributed by atoms with van der Waals surface area (Å²) in [6, 6.07) is 4.69. The van der Waals surface area contributed by atoms with Gasteiger partial charge in [-0.25, -0.2) is 13.8 Å². The normalized spacial score (nSPS) is 16.9. The van der Waals surface area contributed by atoms with E-state index in [-0.39, 0.29) is 30.0 Å². The fourth-order valence-electron chi connectivity index (χ4n) is 1.71. The highest BCUT2D eigenvalue weighted by Gasteiger charge is 2.45. The third-order valence-corrected chi connectivity index (χ3v) is 3.11. The minimum absolute atomic E-state index is 0.132. The van der Waals surface area contributed by atoms with Gasteiger partial charge in [0.05, 0.1) is 5.33 Å². The third kappa shape index (κ3) is 4.53. The molecule has 0 radical (unpaired) electrons. The summed E-state index contributed by atoms with van der Waals surface area (Å²) in [5, 5.41) is 3.09. The first-order valence-corrected chi connectivity index (χ1v) is 7.33. The second-order valence-corrected chi connectivity index (χ2v) is 4.63. The van der Waals surface area contributed by atoms with Gasteiger partial charge in [-0.2, -0.15) is 0 Å². The van der Waals surface area contributed by atoms with Gasteiger partial charge in [-0.1, -0.05) is 35.8 Å². The number of halogens is 3. The molecule has 0 unspecified atom stereocenters. The summed E-state index contributed by atoms with van der Waals surface area (Å²) in [4.78, 5) is 15.5. The molecule has 19 heavy (non-hydrogen) atoms. The Morgan fingerprint density at radius 1 is 1.47 bits per heavy atom. The molecule has 1 aromatic rings. The number of ketones is 1. The van der Waals surface area contributed by atoms with Crippen LogP contribution in [0.4, 0.5) is 14.6 Å². The molecule has 0 bridgehead atoms. The first-order valence-electron chi connectivity index (χ1n) is 6.21. The second-order valence-electron chi connectivity index (χ2n) is 4.07. The first-order chi connectivity index (χ1) is 9.00. The fourth-order valence-corrected chi connectivity index (χ4v) is 2.00. The average molecular weight is 335 g/mol. The maximum atomic E-state index is 12.6. The van der Waals surface area contributed by atoms with E-state index < -0.39 is 5.92 Å². The number of pyridine rings is 1. The van der Waals surface area contributed by atoms with E-state index in [1.807, 2.05) is 13.8 Å². The van der Waals surface area contributed by atoms with Gasteiger partial charge in [0, 0.05) is 18.9 Å². The van der Waals surface area contributed by atoms with Crippen LogP contribution in [0, 0.1) is 0 Å². The van der Waals surface area contributed by atoms with Gasteiger partial charge in [-0.05, 0) is 12.1 Å². The van der Waals surface area contributed by atoms with Crippen molar-refractivity contribution < 1.29 is 13.6 Å². The highest BCUT2D eigenvalue weighted by atomic mass is 79.9. The number of nitrogens with one attached hydrogen (secondary N) is 1. The van der Waals surface area contributed by atoms with Crippen LogP contribution in [0.5, 0.6) is 0 Å². The lowest BCUT2D eigenvalue weighted by Gasteiger charge is -2.35. The molecule has 0 spiro atoms. The van der Waals surface area contributed by atoms with Crippen molar-refractivity contribution in [3.8, 4) is 0 Å². The third-order valence-electron chi connectivity index (χ3n) is 2.60. The quantitative estimate of drug-likeness (QED) is 0.670. The molecule has 1 aromatic heterocycles. The summed E-state index contributed by atoms with van der Waals surface area (Å²) in [6.07, 6.45) is -0.351. The SMILES string of the molecule is CC.O=C(CBr)c1cccc(NC2CC(F)(F)C2)n1. The Balaban J connectivity index is 0.000000861. The van der Waals surface area contributed by atoms with E-state index >= 15 is 0 Å². The molecule has 1 N–H and O–H groups in total. The van der Waals surface area contributed by atoms with E-state index in [1.165, 1.54) is 0 Å². The smallest absolute Gasteiger partial charge is 0.252 e. The van der Waals surface area contributed by atoms with Crippen molar-refractivity contribution in [2.75, 3.05) is 10.6 Å². The number of Topliss-reactive ketones (excluding diaryl/α,β-unsaturated/α-hetero) is 1. The molecule has 1 fully saturated rings. The van der Waals surface area contributed by atoms with Crippen LogP contribution in [0.15, 0.2) is 18.2 Å². The molecule has 0 atom stereocenters. The van der Waals surface area contributed by atoms with Gasteiger partial charge in [-0.15, -0.1) is 0 Å². The number of anilines is 1. The van der Waals surface area contributed by atoms with Gasteiger partial charge in [0.15, 0.2) is 5.78 Å². The lowest BCUT2D eigenvalue weighted by atomic mass is 9.88. The number of carbonyl (C=O) groups is 1. The number of alkyl halides is 3. The number of hydrogen-bond acceptors (Lipinski definition) is 3. The van der Waals surface area contributed by atoms with Crippen LogP contribution in [0.25, 0.3) is 0 Å². The van der Waals surface area contributed by atoms with Crippen molar-refractivity contribution in [3.63, 3.8) is 0 Å². The van der Waals surface area contributed by atoms with E-state index in [0.29, 0.717) is 11.5 Å². The summed E-state index contributed by atoms with van der Waals surface area (Å²) >= 11 is 3.06. The summed E-state index contributed by atoms with van der Waals surface area (Å²) < 4.78 is 25.3. The highest BCUT2D eigenvalue weighted by molar-refractivity contribution is 9.09. The minimum Gasteiger partial charge on any atom is -0.367 e. The first kappa shape index (κ1) is 16.0. The molecule has 1 heterocycles. The monoisotopic (exact) mass is 334 g/mol. The maximum Gasteiger partial charge on any atom is 0.252 e. The molecule has 0 aliphatic heterocycles. The van der Waals surface area contributed by atoms with E-state index in [0.717, 1.165) is 0 Å². The molecule has 1 aliphatic rings. The number of hydrogen-bond donors (Lipinski definition) is 1. The molecule has 1 saturated carbocycles. The Morgan fingerprint density at radius 2 is 2.11 bits per heavy atom. The van der Waals surface area contributed by atoms with Crippen LogP contribution in [0.2, 0.25) is 0 Å². The predicted molar refractivity (Wildman–Crippen MR) is 75.3 cm³/mol. The fraction of sp³-hybridized carbons (Fsp3) is 0.538. The van der Waals surface area contributed by atoms with E-state index in [9.17, 15) is 13.6 Å². The van der Waals surface area contributed by atoms with Crippen molar-refractivity contribution in [2.45, 2.75) is 38.7 Å². The molecule has 0 amide bonds. The van der Waals surface area contributed by atoms with Crippen molar-refractivity contribution in [1.29, 1.82) is 0 Å². The van der Waals surface area contributed by atoms with Crippen molar-refractivity contribution >= 4 is 27.5 Å². The molecule has 3 nitrogen and oxygen atoms in total. The average Bonchev–Trinajstić information content (AvgIpc) is 2.38. The largest absolute Gasteiger partial charge is 0.367 e. The van der Waals surface area contributed by atoms with Crippen LogP contribution < -0.4 is 5.32 Å². The van der Waals surface area contributed by atoms with Gasteiger partial charge in [0.2, 0.25) is 0 Å². The molecule has 106 valence electrons. The van der Waals surface area contributed by atoms with Gasteiger partial charge < -0.3 is 5.32 Å². The van der Waals surface area contributed by atoms with Gasteiger partial charge >= 0.3 is 0 Å². The summed E-state index contributed by atoms with van der Waals surface area (Å²) in [5.41, 5.74) is 0.331. The second kappa shape index (κ2) is 6.93. The molecule has 0 aromatic carbocycles. The van der Waals surface area contributed by atoms with Crippen LogP contribution in [0.3, 0.4) is 0 Å². The number of rotatable bonds is 4. The molecule has 0 saturated heterocycles. The molecule has 6 heteroatoms. The minimum atomic E-state index is -2.55. The molecule has 2 rings (SSSR count). The topological polar surface area (TPSA) is 42.0 Å². The van der Waals surface area contributed by atoms with Gasteiger partial charge in [0.25, 0.3) is 5.92 Å². The zero-order valence-electron chi connectivity index (χ0n) is 10.9. The van der Waals surface area contributed by atoms with Crippen LogP contribution in [-0.2, 0) is 0 Å². The van der Waals surface area contributed by atoms with Crippen molar-refractivity contribution in [2.24, 2.45) is 0 Å². The Bertz CT molecular complexity index is 432. The van der Waals surface area contributed by atoms with E-state index in [1.54, 1.807) is 18.2 Å². The van der Waals surface area contributed by atoms with Crippen LogP contribution in [-0.4, -0.2) is 28.1 Å². The standard InChI is InChI=1S/C11H11BrF2N2O.C2H6/c12-6-9(17)8-2-1-3-10(16-8)15-7-4-11(13,14)5-7;1-2/h1-3,7H,4-6H2,(H,15,16);1-2H3. The van der Waals surface area contributed by atoms with Crippen LogP contribution >= 0.6 is 15.9 Å².